The summed E-state index contributed by atoms with van der Waals surface area (Å²) in [5.41, 5.74) is 0.936. The molecule has 11 heteroatoms. The average Bonchev–Trinajstić information content (AvgIpc) is 2.76. The number of ether oxygens (including phenoxy) is 3. The van der Waals surface area contributed by atoms with Gasteiger partial charge in [-0.1, -0.05) is 11.6 Å². The summed E-state index contributed by atoms with van der Waals surface area (Å²) < 4.78 is 41.5. The Morgan fingerprint density at radius 2 is 1.84 bits per heavy atom. The predicted octanol–water partition coefficient (Wildman–Crippen LogP) is 3.08. The number of fused-ring (bicyclic) bond motifs is 1. The molecule has 0 saturated heterocycles. The summed E-state index contributed by atoms with van der Waals surface area (Å²) in [6.07, 6.45) is 1.39. The highest BCUT2D eigenvalue weighted by Crippen LogP contribution is 2.34. The van der Waals surface area contributed by atoms with Crippen LogP contribution in [0.15, 0.2) is 36.4 Å². The van der Waals surface area contributed by atoms with Gasteiger partial charge in [-0.15, -0.1) is 0 Å². The molecule has 1 heterocycles. The van der Waals surface area contributed by atoms with E-state index in [1.165, 1.54) is 29.6 Å². The van der Waals surface area contributed by atoms with Gasteiger partial charge in [0.15, 0.2) is 11.5 Å². The van der Waals surface area contributed by atoms with Gasteiger partial charge < -0.3 is 19.5 Å². The second-order valence-electron chi connectivity index (χ2n) is 7.00. The standard InChI is InChI=1S/C21H23ClN2O7S/c1-29-21(26)14-5-7-16(22)17(12-14)23-20(25)4-3-9-24(32(2,27)28)15-6-8-18-19(13-15)31-11-10-30-18/h5-8,12-13H,3-4,9-11H2,1-2H3,(H,23,25). The van der Waals surface area contributed by atoms with Gasteiger partial charge in [-0.3, -0.25) is 9.10 Å². The van der Waals surface area contributed by atoms with Crippen molar-refractivity contribution in [3.8, 4) is 11.5 Å². The van der Waals surface area contributed by atoms with E-state index in [0.29, 0.717) is 30.4 Å². The van der Waals surface area contributed by atoms with Crippen LogP contribution in [0.5, 0.6) is 11.5 Å². The normalized spacial score (nSPS) is 12.7. The molecule has 3 rings (SSSR count). The number of rotatable bonds is 8. The van der Waals surface area contributed by atoms with Gasteiger partial charge >= 0.3 is 5.97 Å². The molecule has 0 spiro atoms. The van der Waals surface area contributed by atoms with Crippen molar-refractivity contribution in [3.05, 3.63) is 47.0 Å². The van der Waals surface area contributed by atoms with Gasteiger partial charge in [0.2, 0.25) is 15.9 Å². The minimum Gasteiger partial charge on any atom is -0.486 e. The van der Waals surface area contributed by atoms with Crippen LogP contribution in [0.2, 0.25) is 5.02 Å². The SMILES string of the molecule is COC(=O)c1ccc(Cl)c(NC(=O)CCCN(c2ccc3c(c2)OCCO3)S(C)(=O)=O)c1. The fourth-order valence-corrected chi connectivity index (χ4v) is 4.26. The molecule has 1 aliphatic heterocycles. The van der Waals surface area contributed by atoms with Crippen molar-refractivity contribution >= 4 is 44.9 Å². The van der Waals surface area contributed by atoms with E-state index in [4.69, 9.17) is 21.1 Å². The first-order chi connectivity index (χ1) is 15.2. The largest absolute Gasteiger partial charge is 0.486 e. The first-order valence-corrected chi connectivity index (χ1v) is 12.0. The van der Waals surface area contributed by atoms with Gasteiger partial charge in [0.05, 0.1) is 35.3 Å². The molecule has 32 heavy (non-hydrogen) atoms. The molecule has 0 radical (unpaired) electrons. The second kappa shape index (κ2) is 10.1. The van der Waals surface area contributed by atoms with E-state index in [1.54, 1.807) is 18.2 Å². The Kier molecular flexibility index (Phi) is 7.47. The fraction of sp³-hybridized carbons (Fsp3) is 0.333. The summed E-state index contributed by atoms with van der Waals surface area (Å²) in [7, 11) is -2.34. The number of nitrogens with one attached hydrogen (secondary N) is 1. The number of carbonyl (C=O) groups excluding carboxylic acids is 2. The van der Waals surface area contributed by atoms with Crippen molar-refractivity contribution in [1.29, 1.82) is 0 Å². The molecule has 0 fully saturated rings. The highest BCUT2D eigenvalue weighted by atomic mass is 35.5. The van der Waals surface area contributed by atoms with Crippen molar-refractivity contribution in [1.82, 2.24) is 0 Å². The highest BCUT2D eigenvalue weighted by Gasteiger charge is 2.21. The Bertz CT molecular complexity index is 1120. The number of hydrogen-bond acceptors (Lipinski definition) is 7. The number of nitrogens with zero attached hydrogens (tertiary/aromatic N) is 1. The summed E-state index contributed by atoms with van der Waals surface area (Å²) in [5, 5.41) is 2.90. The summed E-state index contributed by atoms with van der Waals surface area (Å²) >= 11 is 6.09. The maximum atomic E-state index is 12.4. The monoisotopic (exact) mass is 482 g/mol. The smallest absolute Gasteiger partial charge is 0.337 e. The molecule has 1 aliphatic rings. The zero-order chi connectivity index (χ0) is 23.3. The lowest BCUT2D eigenvalue weighted by atomic mass is 10.2. The maximum Gasteiger partial charge on any atom is 0.337 e. The van der Waals surface area contributed by atoms with Crippen LogP contribution in [-0.2, 0) is 19.6 Å². The molecular weight excluding hydrogens is 460 g/mol. The minimum atomic E-state index is -3.59. The van der Waals surface area contributed by atoms with E-state index < -0.39 is 16.0 Å². The van der Waals surface area contributed by atoms with Crippen LogP contribution in [0.1, 0.15) is 23.2 Å². The van der Waals surface area contributed by atoms with Crippen LogP contribution in [0, 0.1) is 0 Å². The van der Waals surface area contributed by atoms with Gasteiger partial charge in [0.25, 0.3) is 0 Å². The second-order valence-corrected chi connectivity index (χ2v) is 9.32. The van der Waals surface area contributed by atoms with Gasteiger partial charge in [0.1, 0.15) is 13.2 Å². The molecule has 0 saturated carbocycles. The third-order valence-electron chi connectivity index (χ3n) is 4.64. The van der Waals surface area contributed by atoms with Crippen LogP contribution < -0.4 is 19.1 Å². The third kappa shape index (κ3) is 5.83. The Hall–Kier alpha value is -2.98. The van der Waals surface area contributed by atoms with E-state index in [0.717, 1.165) is 6.26 Å². The molecule has 1 amide bonds. The summed E-state index contributed by atoms with van der Waals surface area (Å²) in [6, 6.07) is 9.29. The minimum absolute atomic E-state index is 0.0371. The number of halogens is 1. The Morgan fingerprint density at radius 1 is 1.12 bits per heavy atom. The van der Waals surface area contributed by atoms with E-state index in [-0.39, 0.29) is 41.6 Å². The third-order valence-corrected chi connectivity index (χ3v) is 6.16. The van der Waals surface area contributed by atoms with Crippen molar-refractivity contribution in [2.75, 3.05) is 42.7 Å². The molecule has 172 valence electrons. The molecule has 0 aliphatic carbocycles. The number of benzene rings is 2. The van der Waals surface area contributed by atoms with Crippen LogP contribution >= 0.6 is 11.6 Å². The zero-order valence-corrected chi connectivity index (χ0v) is 19.2. The number of methoxy groups -OCH3 is 1. The van der Waals surface area contributed by atoms with Crippen molar-refractivity contribution in [3.63, 3.8) is 0 Å². The van der Waals surface area contributed by atoms with Crippen molar-refractivity contribution < 1.29 is 32.2 Å². The van der Waals surface area contributed by atoms with Crippen molar-refractivity contribution in [2.45, 2.75) is 12.8 Å². The lowest BCUT2D eigenvalue weighted by Gasteiger charge is -2.25. The van der Waals surface area contributed by atoms with Crippen LogP contribution in [0.4, 0.5) is 11.4 Å². The van der Waals surface area contributed by atoms with Crippen LogP contribution in [-0.4, -0.2) is 53.4 Å². The number of sulfonamides is 1. The lowest BCUT2D eigenvalue weighted by molar-refractivity contribution is -0.116. The van der Waals surface area contributed by atoms with E-state index in [1.807, 2.05) is 0 Å². The number of esters is 1. The summed E-state index contributed by atoms with van der Waals surface area (Å²) in [4.78, 5) is 24.1. The molecule has 0 aromatic heterocycles. The van der Waals surface area contributed by atoms with Crippen LogP contribution in [0.25, 0.3) is 0 Å². The molecule has 9 nitrogen and oxygen atoms in total. The van der Waals surface area contributed by atoms with E-state index in [9.17, 15) is 18.0 Å². The first-order valence-electron chi connectivity index (χ1n) is 9.74. The molecule has 0 atom stereocenters. The Morgan fingerprint density at radius 3 is 2.53 bits per heavy atom. The van der Waals surface area contributed by atoms with E-state index in [2.05, 4.69) is 10.1 Å². The van der Waals surface area contributed by atoms with Gasteiger partial charge in [-0.2, -0.15) is 0 Å². The summed E-state index contributed by atoms with van der Waals surface area (Å²) in [6.45, 7) is 0.904. The Labute approximate surface area is 191 Å². The highest BCUT2D eigenvalue weighted by molar-refractivity contribution is 7.92. The fourth-order valence-electron chi connectivity index (χ4n) is 3.14. The molecule has 1 N–H and O–H groups in total. The molecule has 2 aromatic rings. The number of anilines is 2. The van der Waals surface area contributed by atoms with Crippen molar-refractivity contribution in [2.24, 2.45) is 0 Å². The molecule has 0 unspecified atom stereocenters. The molecule has 2 aromatic carbocycles. The predicted molar refractivity (Wildman–Crippen MR) is 120 cm³/mol. The maximum absolute atomic E-state index is 12.4. The summed E-state index contributed by atoms with van der Waals surface area (Å²) in [5.74, 6) is 0.101. The quantitative estimate of drug-likeness (QED) is 0.575. The number of carbonyl (C=O) groups is 2. The number of amides is 1. The van der Waals surface area contributed by atoms with Gasteiger partial charge in [0, 0.05) is 19.0 Å². The first kappa shape index (κ1) is 23.7. The molecule has 0 bridgehead atoms. The Balaban J connectivity index is 1.64. The van der Waals surface area contributed by atoms with Gasteiger partial charge in [-0.25, -0.2) is 13.2 Å². The van der Waals surface area contributed by atoms with Gasteiger partial charge in [-0.05, 0) is 36.8 Å². The lowest BCUT2D eigenvalue weighted by Crippen LogP contribution is -2.31. The topological polar surface area (TPSA) is 111 Å². The molecular formula is C21H23ClN2O7S. The van der Waals surface area contributed by atoms with E-state index >= 15 is 0 Å². The van der Waals surface area contributed by atoms with Crippen LogP contribution in [0.3, 0.4) is 0 Å². The number of hydrogen-bond donors (Lipinski definition) is 1. The zero-order valence-electron chi connectivity index (χ0n) is 17.6. The average molecular weight is 483 g/mol.